The summed E-state index contributed by atoms with van der Waals surface area (Å²) in [4.78, 5) is 24.1. The lowest BCUT2D eigenvalue weighted by molar-refractivity contribution is -0.144. The molecule has 0 fully saturated rings. The van der Waals surface area contributed by atoms with Crippen molar-refractivity contribution in [2.45, 2.75) is 4.90 Å². The first-order valence-corrected chi connectivity index (χ1v) is 9.12. The number of rotatable bonds is 6. The number of carbonyl (C=O) groups excluding carboxylic acids is 2. The molecular weight excluding hydrogens is 391 g/mol. The summed E-state index contributed by atoms with van der Waals surface area (Å²) in [7, 11) is 0. The highest BCUT2D eigenvalue weighted by Gasteiger charge is 2.12. The second-order valence-corrected chi connectivity index (χ2v) is 7.12. The number of hydrogen-bond donors (Lipinski definition) is 1. The molecule has 2 aromatic rings. The number of amides is 1. The molecule has 1 heterocycles. The van der Waals surface area contributed by atoms with Crippen molar-refractivity contribution in [2.24, 2.45) is 0 Å². The van der Waals surface area contributed by atoms with Gasteiger partial charge in [-0.2, -0.15) is 5.26 Å². The van der Waals surface area contributed by atoms with E-state index >= 15 is 0 Å². The first kappa shape index (κ1) is 18.6. The molecule has 0 radical (unpaired) electrons. The van der Waals surface area contributed by atoms with Crippen molar-refractivity contribution in [2.75, 3.05) is 17.7 Å². The molecule has 0 saturated carbocycles. The Morgan fingerprint density at radius 2 is 2.12 bits per heavy atom. The van der Waals surface area contributed by atoms with Crippen LogP contribution in [-0.4, -0.2) is 24.2 Å². The number of thiophene rings is 1. The lowest BCUT2D eigenvalue weighted by atomic mass is 10.3. The minimum Gasteiger partial charge on any atom is -0.455 e. The SMILES string of the molecule is N#Cc1ccsc1NC(=O)COC(=O)CSc1cc(Cl)ccc1Cl. The Kier molecular flexibility index (Phi) is 6.94. The maximum atomic E-state index is 11.7. The molecule has 1 N–H and O–H groups in total. The standard InChI is InChI=1S/C15H10Cl2N2O3S2/c16-10-1-2-11(17)12(5-10)24-8-14(21)22-7-13(20)19-15-9(6-18)3-4-23-15/h1-5H,7-8H2,(H,19,20). The molecule has 0 atom stereocenters. The molecule has 0 aliphatic heterocycles. The van der Waals surface area contributed by atoms with Crippen molar-refractivity contribution in [3.63, 3.8) is 0 Å². The van der Waals surface area contributed by atoms with Gasteiger partial charge in [-0.1, -0.05) is 23.2 Å². The van der Waals surface area contributed by atoms with Gasteiger partial charge in [0.15, 0.2) is 6.61 Å². The molecule has 0 aliphatic carbocycles. The monoisotopic (exact) mass is 400 g/mol. The molecule has 9 heteroatoms. The van der Waals surface area contributed by atoms with Gasteiger partial charge in [-0.15, -0.1) is 23.1 Å². The highest BCUT2D eigenvalue weighted by Crippen LogP contribution is 2.29. The Morgan fingerprint density at radius 1 is 1.33 bits per heavy atom. The summed E-state index contributed by atoms with van der Waals surface area (Å²) in [6.07, 6.45) is 0. The summed E-state index contributed by atoms with van der Waals surface area (Å²) >= 11 is 14.2. The molecule has 0 unspecified atom stereocenters. The average molecular weight is 401 g/mol. The summed E-state index contributed by atoms with van der Waals surface area (Å²) in [5, 5.41) is 14.5. The van der Waals surface area contributed by atoms with Gasteiger partial charge in [-0.3, -0.25) is 9.59 Å². The number of benzene rings is 1. The van der Waals surface area contributed by atoms with Crippen LogP contribution in [0.5, 0.6) is 0 Å². The highest BCUT2D eigenvalue weighted by atomic mass is 35.5. The number of esters is 1. The maximum absolute atomic E-state index is 11.7. The minimum atomic E-state index is -0.558. The summed E-state index contributed by atoms with van der Waals surface area (Å²) in [5.74, 6) is -1.07. The average Bonchev–Trinajstić information content (AvgIpc) is 3.00. The smallest absolute Gasteiger partial charge is 0.316 e. The van der Waals surface area contributed by atoms with Gasteiger partial charge in [0.05, 0.1) is 16.3 Å². The molecule has 2 rings (SSSR count). The quantitative estimate of drug-likeness (QED) is 0.580. The van der Waals surface area contributed by atoms with Crippen LogP contribution in [0.15, 0.2) is 34.5 Å². The fraction of sp³-hybridized carbons (Fsp3) is 0.133. The zero-order chi connectivity index (χ0) is 17.5. The van der Waals surface area contributed by atoms with Gasteiger partial charge in [0.25, 0.3) is 5.91 Å². The Morgan fingerprint density at radius 3 is 2.88 bits per heavy atom. The van der Waals surface area contributed by atoms with Gasteiger partial charge in [0.2, 0.25) is 0 Å². The molecule has 0 saturated heterocycles. The van der Waals surface area contributed by atoms with Crippen LogP contribution in [0.25, 0.3) is 0 Å². The number of halogens is 2. The largest absolute Gasteiger partial charge is 0.455 e. The van der Waals surface area contributed by atoms with Gasteiger partial charge >= 0.3 is 5.97 Å². The number of carbonyl (C=O) groups is 2. The number of ether oxygens (including phenoxy) is 1. The fourth-order valence-corrected chi connectivity index (χ4v) is 3.61. The van der Waals surface area contributed by atoms with Crippen LogP contribution in [0.4, 0.5) is 5.00 Å². The molecular formula is C15H10Cl2N2O3S2. The normalized spacial score (nSPS) is 10.0. The van der Waals surface area contributed by atoms with Crippen LogP contribution in [0.3, 0.4) is 0 Å². The van der Waals surface area contributed by atoms with Crippen molar-refractivity contribution in [3.8, 4) is 6.07 Å². The summed E-state index contributed by atoms with van der Waals surface area (Å²) in [6.45, 7) is -0.425. The second kappa shape index (κ2) is 8.94. The molecule has 0 aliphatic rings. The van der Waals surface area contributed by atoms with E-state index in [1.54, 1.807) is 29.6 Å². The molecule has 0 bridgehead atoms. The Hall–Kier alpha value is -1.72. The van der Waals surface area contributed by atoms with E-state index in [1.807, 2.05) is 6.07 Å². The van der Waals surface area contributed by atoms with E-state index in [4.69, 9.17) is 33.2 Å². The molecule has 1 aromatic carbocycles. The summed E-state index contributed by atoms with van der Waals surface area (Å²) < 4.78 is 4.89. The topological polar surface area (TPSA) is 79.2 Å². The predicted octanol–water partition coefficient (Wildman–Crippen LogP) is 4.20. The zero-order valence-electron chi connectivity index (χ0n) is 12.0. The van der Waals surface area contributed by atoms with E-state index in [2.05, 4.69) is 5.32 Å². The van der Waals surface area contributed by atoms with Crippen LogP contribution >= 0.6 is 46.3 Å². The van der Waals surface area contributed by atoms with E-state index in [0.29, 0.717) is 25.5 Å². The highest BCUT2D eigenvalue weighted by molar-refractivity contribution is 8.00. The van der Waals surface area contributed by atoms with Crippen LogP contribution in [-0.2, 0) is 14.3 Å². The zero-order valence-corrected chi connectivity index (χ0v) is 15.2. The van der Waals surface area contributed by atoms with Crippen LogP contribution in [0.2, 0.25) is 10.0 Å². The summed E-state index contributed by atoms with van der Waals surface area (Å²) in [5.41, 5.74) is 0.367. The van der Waals surface area contributed by atoms with E-state index in [1.165, 1.54) is 23.1 Å². The van der Waals surface area contributed by atoms with E-state index in [9.17, 15) is 9.59 Å². The lowest BCUT2D eigenvalue weighted by Crippen LogP contribution is -2.21. The van der Waals surface area contributed by atoms with Gasteiger partial charge in [0, 0.05) is 9.92 Å². The Labute approximate surface area is 156 Å². The number of nitrogens with zero attached hydrogens (tertiary/aromatic N) is 1. The first-order chi connectivity index (χ1) is 11.5. The Balaban J connectivity index is 1.78. The van der Waals surface area contributed by atoms with Crippen molar-refractivity contribution in [1.82, 2.24) is 0 Å². The van der Waals surface area contributed by atoms with Crippen molar-refractivity contribution < 1.29 is 14.3 Å². The number of nitriles is 1. The van der Waals surface area contributed by atoms with E-state index in [0.717, 1.165) is 0 Å². The van der Waals surface area contributed by atoms with Gasteiger partial charge in [-0.25, -0.2) is 0 Å². The minimum absolute atomic E-state index is 0.00418. The molecule has 5 nitrogen and oxygen atoms in total. The molecule has 0 spiro atoms. The fourth-order valence-electron chi connectivity index (χ4n) is 1.57. The molecule has 1 amide bonds. The third kappa shape index (κ3) is 5.42. The molecule has 24 heavy (non-hydrogen) atoms. The first-order valence-electron chi connectivity index (χ1n) is 6.50. The number of thioether (sulfide) groups is 1. The van der Waals surface area contributed by atoms with Crippen molar-refractivity contribution >= 4 is 63.2 Å². The Bertz CT molecular complexity index is 802. The van der Waals surface area contributed by atoms with Crippen molar-refractivity contribution in [1.29, 1.82) is 5.26 Å². The van der Waals surface area contributed by atoms with Crippen molar-refractivity contribution in [3.05, 3.63) is 45.3 Å². The van der Waals surface area contributed by atoms with Gasteiger partial charge < -0.3 is 10.1 Å². The van der Waals surface area contributed by atoms with Crippen LogP contribution < -0.4 is 5.32 Å². The number of anilines is 1. The predicted molar refractivity (Wildman–Crippen MR) is 95.8 cm³/mol. The summed E-state index contributed by atoms with van der Waals surface area (Å²) in [6, 6.07) is 8.49. The van der Waals surface area contributed by atoms with Crippen LogP contribution in [0, 0.1) is 11.3 Å². The lowest BCUT2D eigenvalue weighted by Gasteiger charge is -2.06. The van der Waals surface area contributed by atoms with Crippen LogP contribution in [0.1, 0.15) is 5.56 Å². The molecule has 1 aromatic heterocycles. The van der Waals surface area contributed by atoms with Gasteiger partial charge in [0.1, 0.15) is 11.1 Å². The number of hydrogen-bond acceptors (Lipinski definition) is 6. The van der Waals surface area contributed by atoms with Gasteiger partial charge in [-0.05, 0) is 29.6 Å². The van der Waals surface area contributed by atoms with E-state index < -0.39 is 18.5 Å². The molecule has 124 valence electrons. The van der Waals surface area contributed by atoms with E-state index in [-0.39, 0.29) is 5.75 Å². The third-order valence-corrected chi connectivity index (χ3v) is 5.18. The number of nitrogens with one attached hydrogen (secondary N) is 1. The third-order valence-electron chi connectivity index (χ3n) is 2.64. The second-order valence-electron chi connectivity index (χ2n) is 4.35. The maximum Gasteiger partial charge on any atom is 0.316 e.